The highest BCUT2D eigenvalue weighted by Crippen LogP contribution is 2.24. The molecule has 1 aromatic heterocycles. The number of thiophene rings is 1. The van der Waals surface area contributed by atoms with Gasteiger partial charge in [-0.05, 0) is 49.7 Å². The largest absolute Gasteiger partial charge is 0.351 e. The quantitative estimate of drug-likeness (QED) is 0.810. The van der Waals surface area contributed by atoms with E-state index in [1.165, 1.54) is 33.0 Å². The number of hydrogen-bond donors (Lipinski definition) is 2. The van der Waals surface area contributed by atoms with Gasteiger partial charge in [0.2, 0.25) is 10.0 Å². The molecule has 0 saturated carbocycles. The van der Waals surface area contributed by atoms with Crippen molar-refractivity contribution < 1.29 is 13.2 Å². The molecule has 1 atom stereocenters. The van der Waals surface area contributed by atoms with Gasteiger partial charge >= 0.3 is 0 Å². The third kappa shape index (κ3) is 4.07. The Hall–Kier alpha value is -0.960. The molecule has 1 amide bonds. The number of carbonyl (C=O) groups excluding carboxylic acids is 1. The fourth-order valence-corrected chi connectivity index (χ4v) is 4.71. The third-order valence-corrected chi connectivity index (χ3v) is 6.73. The summed E-state index contributed by atoms with van der Waals surface area (Å²) >= 11 is 1.16. The second kappa shape index (κ2) is 7.54. The average Bonchev–Trinajstić information content (AvgIpc) is 2.98. The van der Waals surface area contributed by atoms with Gasteiger partial charge in [0.05, 0.1) is 0 Å². The molecule has 0 bridgehead atoms. The Morgan fingerprint density at radius 1 is 1.50 bits per heavy atom. The average molecular weight is 345 g/mol. The zero-order chi connectivity index (χ0) is 16.2. The molecule has 6 nitrogen and oxygen atoms in total. The van der Waals surface area contributed by atoms with Crippen molar-refractivity contribution in [2.75, 3.05) is 33.7 Å². The van der Waals surface area contributed by atoms with Crippen LogP contribution in [0.4, 0.5) is 0 Å². The molecule has 0 spiro atoms. The zero-order valence-corrected chi connectivity index (χ0v) is 14.6. The van der Waals surface area contributed by atoms with Crippen molar-refractivity contribution >= 4 is 27.3 Å². The van der Waals surface area contributed by atoms with Crippen LogP contribution in [0.3, 0.4) is 0 Å². The van der Waals surface area contributed by atoms with Crippen molar-refractivity contribution in [1.29, 1.82) is 0 Å². The first-order chi connectivity index (χ1) is 10.4. The maximum absolute atomic E-state index is 12.2. The van der Waals surface area contributed by atoms with Gasteiger partial charge in [0.1, 0.15) is 9.77 Å². The van der Waals surface area contributed by atoms with Gasteiger partial charge < -0.3 is 10.6 Å². The number of rotatable bonds is 6. The monoisotopic (exact) mass is 345 g/mol. The van der Waals surface area contributed by atoms with E-state index in [1.54, 1.807) is 5.38 Å². The number of nitrogens with one attached hydrogen (secondary N) is 2. The lowest BCUT2D eigenvalue weighted by atomic mass is 9.96. The molecule has 1 aromatic rings. The Morgan fingerprint density at radius 3 is 2.91 bits per heavy atom. The van der Waals surface area contributed by atoms with Crippen molar-refractivity contribution in [3.63, 3.8) is 0 Å². The molecule has 8 heteroatoms. The number of nitrogens with zero attached hydrogens (tertiary/aromatic N) is 1. The fraction of sp³-hybridized carbons (Fsp3) is 0.643. The van der Waals surface area contributed by atoms with E-state index in [1.807, 2.05) is 0 Å². The molecule has 1 aliphatic rings. The van der Waals surface area contributed by atoms with Crippen molar-refractivity contribution in [2.45, 2.75) is 24.2 Å². The lowest BCUT2D eigenvalue weighted by molar-refractivity contribution is 0.0951. The summed E-state index contributed by atoms with van der Waals surface area (Å²) in [5.41, 5.74) is 0. The lowest BCUT2D eigenvalue weighted by Gasteiger charge is -2.22. The van der Waals surface area contributed by atoms with Crippen LogP contribution in [0.15, 0.2) is 16.3 Å². The van der Waals surface area contributed by atoms with E-state index in [-0.39, 0.29) is 15.7 Å². The summed E-state index contributed by atoms with van der Waals surface area (Å²) in [4.78, 5) is 12.6. The minimum Gasteiger partial charge on any atom is -0.351 e. The Bertz CT molecular complexity index is 605. The number of hydrogen-bond acceptors (Lipinski definition) is 5. The van der Waals surface area contributed by atoms with Crippen LogP contribution in [0.5, 0.6) is 0 Å². The Morgan fingerprint density at radius 2 is 2.27 bits per heavy atom. The predicted molar refractivity (Wildman–Crippen MR) is 87.7 cm³/mol. The van der Waals surface area contributed by atoms with Gasteiger partial charge in [0, 0.05) is 20.6 Å². The molecule has 2 N–H and O–H groups in total. The summed E-state index contributed by atoms with van der Waals surface area (Å²) in [6, 6.07) is 1.49. The standard InChI is InChI=1S/C14H23N3O3S2/c1-17(2)22(19,20)12-6-9-21-13(12)14(18)16-8-5-11-4-3-7-15-10-11/h6,9,11,15H,3-5,7-8,10H2,1-2H3,(H,16,18). The zero-order valence-electron chi connectivity index (χ0n) is 13.0. The van der Waals surface area contributed by atoms with E-state index in [0.717, 1.165) is 35.2 Å². The van der Waals surface area contributed by atoms with Crippen molar-refractivity contribution in [2.24, 2.45) is 5.92 Å². The van der Waals surface area contributed by atoms with Crippen LogP contribution in [-0.2, 0) is 10.0 Å². The molecule has 0 aliphatic carbocycles. The van der Waals surface area contributed by atoms with Crippen molar-refractivity contribution in [3.8, 4) is 0 Å². The van der Waals surface area contributed by atoms with Gasteiger partial charge in [-0.15, -0.1) is 11.3 Å². The van der Waals surface area contributed by atoms with E-state index in [4.69, 9.17) is 0 Å². The van der Waals surface area contributed by atoms with Gasteiger partial charge in [-0.3, -0.25) is 4.79 Å². The molecule has 2 rings (SSSR count). The van der Waals surface area contributed by atoms with Gasteiger partial charge in [0.25, 0.3) is 5.91 Å². The molecule has 124 valence electrons. The normalized spacial score (nSPS) is 19.3. The summed E-state index contributed by atoms with van der Waals surface area (Å²) in [5.74, 6) is 0.279. The number of amides is 1. The summed E-state index contributed by atoms with van der Waals surface area (Å²) < 4.78 is 25.5. The Balaban J connectivity index is 1.94. The summed E-state index contributed by atoms with van der Waals surface area (Å²) in [6.07, 6.45) is 3.27. The van der Waals surface area contributed by atoms with E-state index in [2.05, 4.69) is 10.6 Å². The third-order valence-electron chi connectivity index (χ3n) is 3.83. The van der Waals surface area contributed by atoms with E-state index >= 15 is 0 Å². The second-order valence-corrected chi connectivity index (χ2v) is 8.69. The topological polar surface area (TPSA) is 78.5 Å². The molecular weight excluding hydrogens is 322 g/mol. The highest BCUT2D eigenvalue weighted by Gasteiger charge is 2.25. The fourth-order valence-electron chi connectivity index (χ4n) is 2.50. The first kappa shape index (κ1) is 17.4. The van der Waals surface area contributed by atoms with Crippen LogP contribution in [0.2, 0.25) is 0 Å². The van der Waals surface area contributed by atoms with Crippen LogP contribution in [0.1, 0.15) is 28.9 Å². The van der Waals surface area contributed by atoms with Gasteiger partial charge in [0.15, 0.2) is 0 Å². The molecule has 0 aromatic carbocycles. The number of piperidine rings is 1. The first-order valence-corrected chi connectivity index (χ1v) is 9.74. The molecule has 22 heavy (non-hydrogen) atoms. The van der Waals surface area contributed by atoms with Crippen LogP contribution in [0.25, 0.3) is 0 Å². The molecular formula is C14H23N3O3S2. The molecule has 1 unspecified atom stereocenters. The maximum atomic E-state index is 12.2. The summed E-state index contributed by atoms with van der Waals surface area (Å²) in [7, 11) is -0.656. The highest BCUT2D eigenvalue weighted by atomic mass is 32.2. The first-order valence-electron chi connectivity index (χ1n) is 7.42. The van der Waals surface area contributed by atoms with Gasteiger partial charge in [-0.25, -0.2) is 12.7 Å². The number of sulfonamides is 1. The SMILES string of the molecule is CN(C)S(=O)(=O)c1ccsc1C(=O)NCCC1CCCNC1. The highest BCUT2D eigenvalue weighted by molar-refractivity contribution is 7.89. The van der Waals surface area contributed by atoms with Crippen LogP contribution in [-0.4, -0.2) is 52.4 Å². The van der Waals surface area contributed by atoms with Crippen molar-refractivity contribution in [1.82, 2.24) is 14.9 Å². The minimum absolute atomic E-state index is 0.0827. The van der Waals surface area contributed by atoms with Crippen LogP contribution >= 0.6 is 11.3 Å². The summed E-state index contributed by atoms with van der Waals surface area (Å²) in [5, 5.41) is 7.83. The van der Waals surface area contributed by atoms with Crippen molar-refractivity contribution in [3.05, 3.63) is 16.3 Å². The lowest BCUT2D eigenvalue weighted by Crippen LogP contribution is -2.33. The molecule has 1 saturated heterocycles. The Labute approximate surface area is 135 Å². The molecule has 1 aliphatic heterocycles. The minimum atomic E-state index is -3.58. The Kier molecular flexibility index (Phi) is 5.96. The van der Waals surface area contributed by atoms with E-state index in [9.17, 15) is 13.2 Å². The number of carbonyl (C=O) groups is 1. The second-order valence-electron chi connectivity index (χ2n) is 5.66. The maximum Gasteiger partial charge on any atom is 0.262 e. The van der Waals surface area contributed by atoms with Gasteiger partial charge in [-0.2, -0.15) is 0 Å². The molecule has 2 heterocycles. The molecule has 0 radical (unpaired) electrons. The van der Waals surface area contributed by atoms with E-state index in [0.29, 0.717) is 12.5 Å². The predicted octanol–water partition coefficient (Wildman–Crippen LogP) is 1.12. The smallest absolute Gasteiger partial charge is 0.262 e. The van der Waals surface area contributed by atoms with Crippen LogP contribution < -0.4 is 10.6 Å². The van der Waals surface area contributed by atoms with Crippen LogP contribution in [0, 0.1) is 5.92 Å². The molecule has 1 fully saturated rings. The van der Waals surface area contributed by atoms with Gasteiger partial charge in [-0.1, -0.05) is 0 Å². The van der Waals surface area contributed by atoms with E-state index < -0.39 is 10.0 Å². The summed E-state index contributed by atoms with van der Waals surface area (Å²) in [6.45, 7) is 2.64.